The highest BCUT2D eigenvalue weighted by Gasteiger charge is 2.44. The predicted octanol–water partition coefficient (Wildman–Crippen LogP) is 3.80. The van der Waals surface area contributed by atoms with Crippen molar-refractivity contribution in [1.29, 1.82) is 0 Å². The van der Waals surface area contributed by atoms with Gasteiger partial charge in [-0.25, -0.2) is 0 Å². The third kappa shape index (κ3) is 2.76. The Morgan fingerprint density at radius 2 is 1.76 bits per heavy atom. The monoisotopic (exact) mass is 286 g/mol. The summed E-state index contributed by atoms with van der Waals surface area (Å²) in [4.78, 5) is 2.76. The Balaban J connectivity index is 1.76. The van der Waals surface area contributed by atoms with Crippen LogP contribution in [0.2, 0.25) is 0 Å². The van der Waals surface area contributed by atoms with E-state index in [2.05, 4.69) is 62.2 Å². The van der Waals surface area contributed by atoms with Gasteiger partial charge in [0.05, 0.1) is 0 Å². The van der Waals surface area contributed by atoms with E-state index in [0.29, 0.717) is 12.0 Å². The van der Waals surface area contributed by atoms with Crippen molar-refractivity contribution in [3.8, 4) is 0 Å². The molecule has 0 bridgehead atoms. The summed E-state index contributed by atoms with van der Waals surface area (Å²) in [6, 6.07) is 10.6. The highest BCUT2D eigenvalue weighted by molar-refractivity contribution is 5.27. The summed E-state index contributed by atoms with van der Waals surface area (Å²) in [6.07, 6.45) is 1.28. The maximum Gasteiger partial charge on any atom is 0.0323 e. The average Bonchev–Trinajstić information content (AvgIpc) is 3.06. The molecular weight excluding hydrogens is 256 g/mol. The number of benzene rings is 1. The van der Waals surface area contributed by atoms with Gasteiger partial charge in [-0.05, 0) is 55.3 Å². The molecule has 0 spiro atoms. The summed E-state index contributed by atoms with van der Waals surface area (Å²) in [5, 5.41) is 3.58. The lowest BCUT2D eigenvalue weighted by molar-refractivity contribution is 0.165. The minimum Gasteiger partial charge on any atom is -0.316 e. The minimum absolute atomic E-state index is 0.543. The number of nitrogens with zero attached hydrogens (tertiary/aromatic N) is 1. The molecule has 2 nitrogen and oxygen atoms in total. The fraction of sp³-hybridized carbons (Fsp3) is 0.684. The molecule has 2 aliphatic rings. The first-order valence-corrected chi connectivity index (χ1v) is 8.68. The molecule has 2 heterocycles. The van der Waals surface area contributed by atoms with Gasteiger partial charge in [-0.1, -0.05) is 45.0 Å². The van der Waals surface area contributed by atoms with Gasteiger partial charge in [-0.2, -0.15) is 0 Å². The summed E-state index contributed by atoms with van der Waals surface area (Å²) in [7, 11) is 0. The van der Waals surface area contributed by atoms with E-state index < -0.39 is 0 Å². The normalized spacial score (nSPS) is 30.8. The van der Waals surface area contributed by atoms with Crippen molar-refractivity contribution in [2.75, 3.05) is 19.6 Å². The number of hydrogen-bond acceptors (Lipinski definition) is 2. The molecule has 0 radical (unpaired) electrons. The number of rotatable bonds is 4. The molecular formula is C19H30N2. The minimum atomic E-state index is 0.543. The Morgan fingerprint density at radius 3 is 2.38 bits per heavy atom. The van der Waals surface area contributed by atoms with Crippen LogP contribution in [0.5, 0.6) is 0 Å². The summed E-state index contributed by atoms with van der Waals surface area (Å²) in [5.41, 5.74) is 2.92. The van der Waals surface area contributed by atoms with Crippen LogP contribution in [0.3, 0.4) is 0 Å². The Bertz CT molecular complexity index is 465. The molecule has 4 unspecified atom stereocenters. The molecule has 2 fully saturated rings. The van der Waals surface area contributed by atoms with E-state index in [1.54, 1.807) is 0 Å². The van der Waals surface area contributed by atoms with Gasteiger partial charge < -0.3 is 5.32 Å². The van der Waals surface area contributed by atoms with Crippen LogP contribution >= 0.6 is 0 Å². The molecule has 0 amide bonds. The highest BCUT2D eigenvalue weighted by Crippen LogP contribution is 2.39. The molecule has 1 aromatic carbocycles. The standard InChI is InChI=1S/C19H30N2/c1-5-19-18-11-20-10-17(18)12-21(19)14(4)16-8-6-15(7-9-16)13(2)3/h6-9,13-14,17-20H,5,10-12H2,1-4H3. The van der Waals surface area contributed by atoms with Crippen LogP contribution in [0.25, 0.3) is 0 Å². The van der Waals surface area contributed by atoms with Crippen LogP contribution in [-0.2, 0) is 0 Å². The van der Waals surface area contributed by atoms with Gasteiger partial charge in [0.1, 0.15) is 0 Å². The fourth-order valence-electron chi connectivity index (χ4n) is 4.39. The molecule has 2 heteroatoms. The first-order valence-electron chi connectivity index (χ1n) is 8.68. The Hall–Kier alpha value is -0.860. The molecule has 0 saturated carbocycles. The molecule has 2 saturated heterocycles. The van der Waals surface area contributed by atoms with Crippen LogP contribution in [0.4, 0.5) is 0 Å². The fourth-order valence-corrected chi connectivity index (χ4v) is 4.39. The quantitative estimate of drug-likeness (QED) is 0.905. The van der Waals surface area contributed by atoms with Crippen LogP contribution in [0.1, 0.15) is 57.2 Å². The van der Waals surface area contributed by atoms with E-state index in [0.717, 1.165) is 17.9 Å². The maximum absolute atomic E-state index is 3.58. The van der Waals surface area contributed by atoms with Crippen molar-refractivity contribution < 1.29 is 0 Å². The SMILES string of the molecule is CCC1C2CNCC2CN1C(C)c1ccc(C(C)C)cc1. The van der Waals surface area contributed by atoms with Crippen molar-refractivity contribution in [1.82, 2.24) is 10.2 Å². The number of fused-ring (bicyclic) bond motifs is 1. The molecule has 4 atom stereocenters. The molecule has 116 valence electrons. The molecule has 0 aromatic heterocycles. The molecule has 0 aliphatic carbocycles. The van der Waals surface area contributed by atoms with E-state index in [9.17, 15) is 0 Å². The second-order valence-electron chi connectivity index (χ2n) is 7.25. The van der Waals surface area contributed by atoms with E-state index in [1.807, 2.05) is 0 Å². The topological polar surface area (TPSA) is 15.3 Å². The first kappa shape index (κ1) is 15.1. The number of likely N-dealkylation sites (tertiary alicyclic amines) is 1. The third-order valence-corrected chi connectivity index (χ3v) is 5.76. The lowest BCUT2D eigenvalue weighted by Crippen LogP contribution is -2.36. The second kappa shape index (κ2) is 6.10. The van der Waals surface area contributed by atoms with Crippen LogP contribution in [0, 0.1) is 11.8 Å². The van der Waals surface area contributed by atoms with Crippen molar-refractivity contribution in [3.63, 3.8) is 0 Å². The highest BCUT2D eigenvalue weighted by atomic mass is 15.2. The van der Waals surface area contributed by atoms with Crippen molar-refractivity contribution in [2.24, 2.45) is 11.8 Å². The van der Waals surface area contributed by atoms with Gasteiger partial charge in [0, 0.05) is 18.6 Å². The molecule has 2 aliphatic heterocycles. The Morgan fingerprint density at radius 1 is 1.10 bits per heavy atom. The Labute approximate surface area is 129 Å². The third-order valence-electron chi connectivity index (χ3n) is 5.76. The molecule has 21 heavy (non-hydrogen) atoms. The largest absolute Gasteiger partial charge is 0.316 e. The van der Waals surface area contributed by atoms with Crippen LogP contribution in [-0.4, -0.2) is 30.6 Å². The average molecular weight is 286 g/mol. The Kier molecular flexibility index (Phi) is 4.37. The first-order chi connectivity index (χ1) is 10.1. The smallest absolute Gasteiger partial charge is 0.0323 e. The van der Waals surface area contributed by atoms with Crippen molar-refractivity contribution in [2.45, 2.75) is 52.1 Å². The number of nitrogens with one attached hydrogen (secondary N) is 1. The number of hydrogen-bond donors (Lipinski definition) is 1. The van der Waals surface area contributed by atoms with Crippen LogP contribution < -0.4 is 5.32 Å². The van der Waals surface area contributed by atoms with Gasteiger partial charge >= 0.3 is 0 Å². The zero-order valence-corrected chi connectivity index (χ0v) is 14.0. The maximum atomic E-state index is 3.58. The molecule has 1 aromatic rings. The van der Waals surface area contributed by atoms with Crippen LogP contribution in [0.15, 0.2) is 24.3 Å². The zero-order valence-electron chi connectivity index (χ0n) is 14.0. The van der Waals surface area contributed by atoms with E-state index >= 15 is 0 Å². The van der Waals surface area contributed by atoms with E-state index in [4.69, 9.17) is 0 Å². The van der Waals surface area contributed by atoms with Gasteiger partial charge in [-0.15, -0.1) is 0 Å². The molecule has 3 rings (SSSR count). The lowest BCUT2D eigenvalue weighted by Gasteiger charge is -2.33. The summed E-state index contributed by atoms with van der Waals surface area (Å²) in [5.74, 6) is 2.36. The van der Waals surface area contributed by atoms with E-state index in [1.165, 1.54) is 37.2 Å². The lowest BCUT2D eigenvalue weighted by atomic mass is 9.92. The molecule has 1 N–H and O–H groups in total. The summed E-state index contributed by atoms with van der Waals surface area (Å²) in [6.45, 7) is 13.0. The van der Waals surface area contributed by atoms with Gasteiger partial charge in [-0.3, -0.25) is 4.90 Å². The van der Waals surface area contributed by atoms with Crippen molar-refractivity contribution in [3.05, 3.63) is 35.4 Å². The van der Waals surface area contributed by atoms with Gasteiger partial charge in [0.2, 0.25) is 0 Å². The zero-order chi connectivity index (χ0) is 15.0. The van der Waals surface area contributed by atoms with Gasteiger partial charge in [0.15, 0.2) is 0 Å². The van der Waals surface area contributed by atoms with E-state index in [-0.39, 0.29) is 0 Å². The summed E-state index contributed by atoms with van der Waals surface area (Å²) >= 11 is 0. The van der Waals surface area contributed by atoms with Gasteiger partial charge in [0.25, 0.3) is 0 Å². The predicted molar refractivity (Wildman–Crippen MR) is 89.6 cm³/mol. The second-order valence-corrected chi connectivity index (χ2v) is 7.25. The summed E-state index contributed by atoms with van der Waals surface area (Å²) < 4.78 is 0. The van der Waals surface area contributed by atoms with Crippen molar-refractivity contribution >= 4 is 0 Å².